The predicted molar refractivity (Wildman–Crippen MR) is 85.2 cm³/mol. The molecule has 0 fully saturated rings. The Hall–Kier alpha value is -2.20. The van der Waals surface area contributed by atoms with Crippen LogP contribution in [0.4, 0.5) is 0 Å². The monoisotopic (exact) mass is 296 g/mol. The third-order valence-electron chi connectivity index (χ3n) is 3.42. The van der Waals surface area contributed by atoms with Gasteiger partial charge in [-0.3, -0.25) is 4.21 Å². The molecule has 1 aromatic heterocycles. The van der Waals surface area contributed by atoms with Crippen molar-refractivity contribution in [1.29, 1.82) is 0 Å². The summed E-state index contributed by atoms with van der Waals surface area (Å²) in [5.41, 5.74) is 3.28. The highest BCUT2D eigenvalue weighted by molar-refractivity contribution is 7.84. The summed E-state index contributed by atoms with van der Waals surface area (Å²) in [5.74, 6) is 0.487. The highest BCUT2D eigenvalue weighted by atomic mass is 32.2. The van der Waals surface area contributed by atoms with E-state index < -0.39 is 10.8 Å². The average Bonchev–Trinajstić information content (AvgIpc) is 2.93. The molecule has 0 saturated carbocycles. The van der Waals surface area contributed by atoms with Crippen molar-refractivity contribution in [1.82, 2.24) is 9.55 Å². The molecule has 1 unspecified atom stereocenters. The predicted octanol–water partition coefficient (Wildman–Crippen LogP) is 3.39. The summed E-state index contributed by atoms with van der Waals surface area (Å²) in [7, 11) is 0.866. The van der Waals surface area contributed by atoms with Gasteiger partial charge in [0.2, 0.25) is 0 Å². The Kier molecular flexibility index (Phi) is 3.97. The molecule has 0 spiro atoms. The van der Waals surface area contributed by atoms with Crippen LogP contribution in [0.3, 0.4) is 0 Å². The van der Waals surface area contributed by atoms with E-state index in [2.05, 4.69) is 17.1 Å². The molecule has 21 heavy (non-hydrogen) atoms. The van der Waals surface area contributed by atoms with Gasteiger partial charge in [0.15, 0.2) is 0 Å². The zero-order valence-corrected chi connectivity index (χ0v) is 12.6. The van der Waals surface area contributed by atoms with Gasteiger partial charge in [-0.1, -0.05) is 42.5 Å². The van der Waals surface area contributed by atoms with E-state index in [1.807, 2.05) is 54.1 Å². The lowest BCUT2D eigenvalue weighted by Crippen LogP contribution is -2.01. The fourth-order valence-corrected chi connectivity index (χ4v) is 3.32. The molecule has 1 heterocycles. The van der Waals surface area contributed by atoms with Gasteiger partial charge in [-0.05, 0) is 23.3 Å². The number of imidazole rings is 1. The quantitative estimate of drug-likeness (QED) is 0.739. The Morgan fingerprint density at radius 2 is 1.67 bits per heavy atom. The molecule has 4 heteroatoms. The maximum Gasteiger partial charge on any atom is 0.0945 e. The summed E-state index contributed by atoms with van der Waals surface area (Å²) in [6.07, 6.45) is 3.49. The van der Waals surface area contributed by atoms with Gasteiger partial charge >= 0.3 is 0 Å². The molecule has 1 atom stereocenters. The van der Waals surface area contributed by atoms with Crippen LogP contribution >= 0.6 is 0 Å². The lowest BCUT2D eigenvalue weighted by Gasteiger charge is -2.05. The number of aromatic nitrogens is 2. The SMILES string of the molecule is Cn1cncc1CS(=O)c1ccc(-c2ccccc2)cc1. The van der Waals surface area contributed by atoms with Crippen LogP contribution in [0.5, 0.6) is 0 Å². The molecule has 3 nitrogen and oxygen atoms in total. The van der Waals surface area contributed by atoms with Crippen LogP contribution < -0.4 is 0 Å². The molecular weight excluding hydrogens is 280 g/mol. The van der Waals surface area contributed by atoms with Gasteiger partial charge in [0.05, 0.1) is 22.9 Å². The van der Waals surface area contributed by atoms with Crippen molar-refractivity contribution in [2.45, 2.75) is 10.6 Å². The lowest BCUT2D eigenvalue weighted by atomic mass is 10.1. The summed E-state index contributed by atoms with van der Waals surface area (Å²) in [5, 5.41) is 0. The highest BCUT2D eigenvalue weighted by Gasteiger charge is 2.08. The molecule has 0 radical (unpaired) electrons. The van der Waals surface area contributed by atoms with Crippen molar-refractivity contribution in [2.75, 3.05) is 0 Å². The summed E-state index contributed by atoms with van der Waals surface area (Å²) in [6.45, 7) is 0. The van der Waals surface area contributed by atoms with Crippen molar-refractivity contribution >= 4 is 10.8 Å². The van der Waals surface area contributed by atoms with Gasteiger partial charge in [0.25, 0.3) is 0 Å². The first kappa shape index (κ1) is 13.8. The van der Waals surface area contributed by atoms with Crippen LogP contribution in [0.15, 0.2) is 72.0 Å². The normalized spacial score (nSPS) is 12.2. The molecule has 106 valence electrons. The van der Waals surface area contributed by atoms with Crippen LogP contribution in [0, 0.1) is 0 Å². The Morgan fingerprint density at radius 3 is 2.29 bits per heavy atom. The van der Waals surface area contributed by atoms with Gasteiger partial charge in [0, 0.05) is 23.8 Å². The second kappa shape index (κ2) is 6.06. The molecule has 0 aliphatic carbocycles. The van der Waals surface area contributed by atoms with Crippen LogP contribution in [0.25, 0.3) is 11.1 Å². The van der Waals surface area contributed by atoms with E-state index in [-0.39, 0.29) is 0 Å². The minimum Gasteiger partial charge on any atom is -0.337 e. The fourth-order valence-electron chi connectivity index (χ4n) is 2.17. The van der Waals surface area contributed by atoms with E-state index in [1.54, 1.807) is 12.5 Å². The lowest BCUT2D eigenvalue weighted by molar-refractivity contribution is 0.680. The summed E-state index contributed by atoms with van der Waals surface area (Å²) >= 11 is 0. The van der Waals surface area contributed by atoms with Crippen LogP contribution in [-0.4, -0.2) is 13.8 Å². The van der Waals surface area contributed by atoms with E-state index >= 15 is 0 Å². The Labute approximate surface area is 126 Å². The maximum atomic E-state index is 12.4. The van der Waals surface area contributed by atoms with Gasteiger partial charge in [-0.2, -0.15) is 0 Å². The maximum absolute atomic E-state index is 12.4. The first-order chi connectivity index (χ1) is 10.2. The number of hydrogen-bond donors (Lipinski definition) is 0. The van der Waals surface area contributed by atoms with Gasteiger partial charge < -0.3 is 4.57 Å². The third-order valence-corrected chi connectivity index (χ3v) is 4.78. The second-order valence-corrected chi connectivity index (χ2v) is 6.33. The molecule has 0 bridgehead atoms. The van der Waals surface area contributed by atoms with Gasteiger partial charge in [-0.25, -0.2) is 4.98 Å². The van der Waals surface area contributed by atoms with E-state index in [4.69, 9.17) is 0 Å². The molecule has 0 saturated heterocycles. The summed E-state index contributed by atoms with van der Waals surface area (Å²) < 4.78 is 14.3. The van der Waals surface area contributed by atoms with E-state index in [9.17, 15) is 4.21 Å². The Morgan fingerprint density at radius 1 is 1.00 bits per heavy atom. The zero-order chi connectivity index (χ0) is 14.7. The smallest absolute Gasteiger partial charge is 0.0945 e. The number of benzene rings is 2. The van der Waals surface area contributed by atoms with E-state index in [1.165, 1.54) is 5.56 Å². The minimum absolute atomic E-state index is 0.487. The third kappa shape index (κ3) is 3.11. The average molecular weight is 296 g/mol. The van der Waals surface area contributed by atoms with Crippen LogP contribution in [-0.2, 0) is 23.6 Å². The molecule has 3 rings (SSSR count). The molecule has 0 N–H and O–H groups in total. The van der Waals surface area contributed by atoms with Gasteiger partial charge in [0.1, 0.15) is 0 Å². The second-order valence-electron chi connectivity index (χ2n) is 4.88. The van der Waals surface area contributed by atoms with E-state index in [0.717, 1.165) is 16.2 Å². The number of nitrogens with zero attached hydrogens (tertiary/aromatic N) is 2. The first-order valence-corrected chi connectivity index (χ1v) is 8.05. The molecule has 0 aliphatic rings. The fraction of sp³-hybridized carbons (Fsp3) is 0.118. The molecule has 3 aromatic rings. The zero-order valence-electron chi connectivity index (χ0n) is 11.8. The van der Waals surface area contributed by atoms with Crippen LogP contribution in [0.1, 0.15) is 5.69 Å². The molecule has 2 aromatic carbocycles. The number of hydrogen-bond acceptors (Lipinski definition) is 2. The highest BCUT2D eigenvalue weighted by Crippen LogP contribution is 2.21. The first-order valence-electron chi connectivity index (χ1n) is 6.73. The van der Waals surface area contributed by atoms with E-state index in [0.29, 0.717) is 5.75 Å². The van der Waals surface area contributed by atoms with Gasteiger partial charge in [-0.15, -0.1) is 0 Å². The largest absolute Gasteiger partial charge is 0.337 e. The molecular formula is C17H16N2OS. The topological polar surface area (TPSA) is 34.9 Å². The minimum atomic E-state index is -1.05. The Bertz CT molecular complexity index is 748. The Balaban J connectivity index is 1.78. The van der Waals surface area contributed by atoms with Crippen LogP contribution in [0.2, 0.25) is 0 Å². The number of rotatable bonds is 4. The van der Waals surface area contributed by atoms with Crippen molar-refractivity contribution in [3.63, 3.8) is 0 Å². The standard InChI is InChI=1S/C17H16N2OS/c1-19-13-18-11-16(19)12-21(20)17-9-7-15(8-10-17)14-5-3-2-4-6-14/h2-11,13H,12H2,1H3. The van der Waals surface area contributed by atoms with Crippen molar-refractivity contribution in [2.24, 2.45) is 7.05 Å². The summed E-state index contributed by atoms with van der Waals surface area (Å²) in [6, 6.07) is 18.1. The number of aryl methyl sites for hydroxylation is 1. The van der Waals surface area contributed by atoms with Crippen molar-refractivity contribution in [3.05, 3.63) is 72.8 Å². The van der Waals surface area contributed by atoms with Crippen molar-refractivity contribution < 1.29 is 4.21 Å². The molecule has 0 amide bonds. The summed E-state index contributed by atoms with van der Waals surface area (Å²) in [4.78, 5) is 4.89. The molecule has 0 aliphatic heterocycles. The van der Waals surface area contributed by atoms with Crippen molar-refractivity contribution in [3.8, 4) is 11.1 Å².